The molecule has 0 saturated heterocycles. The van der Waals surface area contributed by atoms with Gasteiger partial charge in [-0.25, -0.2) is 23.4 Å². The molecule has 3 rings (SSSR count). The molecule has 2 atom stereocenters. The number of hydrogen-bond acceptors (Lipinski definition) is 5. The molecule has 0 fully saturated rings. The van der Waals surface area contributed by atoms with E-state index in [0.29, 0.717) is 5.57 Å². The van der Waals surface area contributed by atoms with E-state index in [1.807, 2.05) is 66.7 Å². The van der Waals surface area contributed by atoms with Gasteiger partial charge in [-0.05, 0) is 18.2 Å². The molecule has 2 aromatic carbocycles. The van der Waals surface area contributed by atoms with Crippen molar-refractivity contribution in [2.75, 3.05) is 7.05 Å². The standard InChI is InChI=1S/C19H17NO2.ClHO4/c1-20-17(14-8-4-2-5-9-14)12-16(19(21)22)13-18(20)15-10-6-3-7-11-15;2-1(3,4)5/h2-13,17H,1H3,(H,21,22);(H,2,3,4,5). The van der Waals surface area contributed by atoms with Crippen molar-refractivity contribution in [3.8, 4) is 0 Å². The SMILES string of the molecule is C[NH+]1C(c2ccccc2)=CC(C(=O)O)=CC1c1ccccc1.[O-][Cl+3]([O-])([O-])[O-]. The second-order valence-corrected chi connectivity index (χ2v) is 6.56. The predicted molar refractivity (Wildman–Crippen MR) is 86.2 cm³/mol. The van der Waals surface area contributed by atoms with Crippen LogP contribution in [0.25, 0.3) is 5.70 Å². The number of carboxylic acids is 1. The topological polar surface area (TPSA) is 134 Å². The second-order valence-electron chi connectivity index (χ2n) is 5.80. The lowest BCUT2D eigenvalue weighted by atomic mass is 9.95. The number of carboxylic acid groups (broad SMARTS) is 1. The minimum atomic E-state index is -4.94. The third-order valence-corrected chi connectivity index (χ3v) is 4.03. The summed E-state index contributed by atoms with van der Waals surface area (Å²) in [6.07, 6.45) is 3.60. The first-order valence-electron chi connectivity index (χ1n) is 7.89. The molecule has 2 aromatic rings. The Balaban J connectivity index is 0.000000465. The van der Waals surface area contributed by atoms with Crippen LogP contribution in [0.3, 0.4) is 0 Å². The number of hydrogen-bond donors (Lipinski definition) is 2. The first-order chi connectivity index (χ1) is 12.7. The minimum Gasteiger partial charge on any atom is -0.478 e. The number of benzene rings is 2. The zero-order chi connectivity index (χ0) is 20.0. The summed E-state index contributed by atoms with van der Waals surface area (Å²) >= 11 is 0. The number of halogens is 1. The number of nitrogens with one attached hydrogen (secondary N) is 1. The number of likely N-dealkylation sites (N-methyl/N-ethyl adjacent to an activating group) is 1. The van der Waals surface area contributed by atoms with Crippen LogP contribution in [0.15, 0.2) is 78.4 Å². The Bertz CT molecular complexity index is 824. The lowest BCUT2D eigenvalue weighted by molar-refractivity contribution is -2.00. The molecular formula is C19H18ClNO6. The van der Waals surface area contributed by atoms with E-state index in [4.69, 9.17) is 18.6 Å². The van der Waals surface area contributed by atoms with Crippen molar-refractivity contribution in [1.82, 2.24) is 0 Å². The monoisotopic (exact) mass is 391 g/mol. The van der Waals surface area contributed by atoms with E-state index in [0.717, 1.165) is 16.8 Å². The number of quaternary nitrogens is 1. The average molecular weight is 392 g/mol. The molecule has 142 valence electrons. The second kappa shape index (κ2) is 8.92. The molecule has 0 saturated carbocycles. The van der Waals surface area contributed by atoms with Gasteiger partial charge in [0.25, 0.3) is 0 Å². The fourth-order valence-electron chi connectivity index (χ4n) is 2.86. The van der Waals surface area contributed by atoms with E-state index < -0.39 is 16.2 Å². The molecule has 27 heavy (non-hydrogen) atoms. The van der Waals surface area contributed by atoms with Gasteiger partial charge in [0.2, 0.25) is 0 Å². The molecule has 1 aliphatic rings. The van der Waals surface area contributed by atoms with Gasteiger partial charge in [-0.15, -0.1) is 10.2 Å². The van der Waals surface area contributed by atoms with Crippen LogP contribution in [0.4, 0.5) is 0 Å². The normalized spacial score (nSPS) is 19.3. The van der Waals surface area contributed by atoms with Crippen molar-refractivity contribution in [2.45, 2.75) is 6.04 Å². The molecule has 2 unspecified atom stereocenters. The predicted octanol–water partition coefficient (Wildman–Crippen LogP) is -2.45. The summed E-state index contributed by atoms with van der Waals surface area (Å²) in [6.45, 7) is 0. The van der Waals surface area contributed by atoms with Gasteiger partial charge in [0.1, 0.15) is 11.7 Å². The van der Waals surface area contributed by atoms with Crippen LogP contribution in [-0.2, 0) is 4.79 Å². The van der Waals surface area contributed by atoms with E-state index in [2.05, 4.69) is 7.05 Å². The Morgan fingerprint density at radius 2 is 1.44 bits per heavy atom. The van der Waals surface area contributed by atoms with Crippen molar-refractivity contribution in [2.24, 2.45) is 0 Å². The quantitative estimate of drug-likeness (QED) is 0.596. The van der Waals surface area contributed by atoms with Crippen LogP contribution >= 0.6 is 0 Å². The fourth-order valence-corrected chi connectivity index (χ4v) is 2.86. The molecular weight excluding hydrogens is 374 g/mol. The van der Waals surface area contributed by atoms with Crippen molar-refractivity contribution < 1.29 is 43.7 Å². The van der Waals surface area contributed by atoms with Crippen LogP contribution in [-0.4, -0.2) is 18.1 Å². The van der Waals surface area contributed by atoms with Gasteiger partial charge < -0.3 is 5.11 Å². The number of aliphatic carboxylic acids is 1. The molecule has 0 bridgehead atoms. The smallest absolute Gasteiger partial charge is 0.335 e. The van der Waals surface area contributed by atoms with Gasteiger partial charge in [0.15, 0.2) is 0 Å². The molecule has 7 nitrogen and oxygen atoms in total. The Hall–Kier alpha value is -2.52. The van der Waals surface area contributed by atoms with Gasteiger partial charge >= 0.3 is 5.97 Å². The van der Waals surface area contributed by atoms with E-state index in [9.17, 15) is 9.90 Å². The van der Waals surface area contributed by atoms with Gasteiger partial charge in [-0.1, -0.05) is 48.5 Å². The first-order valence-corrected chi connectivity index (χ1v) is 9.13. The lowest BCUT2D eigenvalue weighted by Crippen LogP contribution is -3.06. The van der Waals surface area contributed by atoms with Crippen molar-refractivity contribution >= 4 is 11.7 Å². The van der Waals surface area contributed by atoms with Crippen molar-refractivity contribution in [3.63, 3.8) is 0 Å². The highest BCUT2D eigenvalue weighted by atomic mass is 35.7. The van der Waals surface area contributed by atoms with E-state index in [-0.39, 0.29) is 6.04 Å². The number of rotatable bonds is 3. The number of carbonyl (C=O) groups is 1. The molecule has 0 amide bonds. The van der Waals surface area contributed by atoms with Crippen molar-refractivity contribution in [3.05, 3.63) is 89.5 Å². The van der Waals surface area contributed by atoms with Crippen molar-refractivity contribution in [1.29, 1.82) is 0 Å². The summed E-state index contributed by atoms with van der Waals surface area (Å²) in [5.41, 5.74) is 3.50. The summed E-state index contributed by atoms with van der Waals surface area (Å²) in [5, 5.41) is 9.43. The summed E-state index contributed by atoms with van der Waals surface area (Å²) in [4.78, 5) is 12.7. The van der Waals surface area contributed by atoms with Gasteiger partial charge in [-0.3, -0.25) is 4.90 Å². The molecule has 0 aliphatic carbocycles. The highest BCUT2D eigenvalue weighted by molar-refractivity contribution is 5.92. The Morgan fingerprint density at radius 3 is 1.93 bits per heavy atom. The van der Waals surface area contributed by atoms with Crippen LogP contribution in [0, 0.1) is 10.2 Å². The van der Waals surface area contributed by atoms with Gasteiger partial charge in [-0.2, -0.15) is 0 Å². The molecule has 0 aromatic heterocycles. The molecule has 0 spiro atoms. The van der Waals surface area contributed by atoms with E-state index >= 15 is 0 Å². The summed E-state index contributed by atoms with van der Waals surface area (Å²) in [7, 11) is -2.87. The van der Waals surface area contributed by atoms with Gasteiger partial charge in [0, 0.05) is 17.2 Å². The highest BCUT2D eigenvalue weighted by Crippen LogP contribution is 2.22. The molecule has 1 aliphatic heterocycles. The Morgan fingerprint density at radius 1 is 0.963 bits per heavy atom. The molecule has 2 N–H and O–H groups in total. The third kappa shape index (κ3) is 6.30. The zero-order valence-corrected chi connectivity index (χ0v) is 15.1. The Labute approximate surface area is 158 Å². The minimum absolute atomic E-state index is 0.00694. The largest absolute Gasteiger partial charge is 0.478 e. The lowest BCUT2D eigenvalue weighted by Gasteiger charge is -2.28. The maximum absolute atomic E-state index is 11.5. The average Bonchev–Trinajstić information content (AvgIpc) is 2.62. The maximum atomic E-state index is 11.5. The molecule has 1 heterocycles. The van der Waals surface area contributed by atoms with E-state index in [1.165, 1.54) is 4.90 Å². The molecule has 0 radical (unpaired) electrons. The van der Waals surface area contributed by atoms with Crippen LogP contribution in [0.1, 0.15) is 17.2 Å². The van der Waals surface area contributed by atoms with Crippen LogP contribution in [0.2, 0.25) is 0 Å². The zero-order valence-electron chi connectivity index (χ0n) is 14.4. The third-order valence-electron chi connectivity index (χ3n) is 4.03. The maximum Gasteiger partial charge on any atom is 0.335 e. The fraction of sp³-hybridized carbons (Fsp3) is 0.105. The Kier molecular flexibility index (Phi) is 6.86. The van der Waals surface area contributed by atoms with Gasteiger partial charge in [0.05, 0.1) is 12.6 Å². The van der Waals surface area contributed by atoms with Crippen LogP contribution < -0.4 is 23.5 Å². The van der Waals surface area contributed by atoms with Crippen LogP contribution in [0.5, 0.6) is 0 Å². The first kappa shape index (κ1) is 20.8. The highest BCUT2D eigenvalue weighted by Gasteiger charge is 2.29. The summed E-state index contributed by atoms with van der Waals surface area (Å²) < 4.78 is 34.0. The molecule has 8 heteroatoms. The van der Waals surface area contributed by atoms with E-state index in [1.54, 1.807) is 6.08 Å². The summed E-state index contributed by atoms with van der Waals surface area (Å²) in [6, 6.07) is 19.9. The summed E-state index contributed by atoms with van der Waals surface area (Å²) in [5.74, 6) is -0.887.